The van der Waals surface area contributed by atoms with Crippen LogP contribution in [-0.4, -0.2) is 10.9 Å². The molecule has 0 fully saturated rings. The Hall–Kier alpha value is -1.50. The SMILES string of the molecule is CC1C=CC(N2C3=C(CCCC3)C3=CC=CCC32)=CC1. The summed E-state index contributed by atoms with van der Waals surface area (Å²) in [6, 6.07) is 0.576. The summed E-state index contributed by atoms with van der Waals surface area (Å²) in [5.74, 6) is 0.697. The average molecular weight is 265 g/mol. The van der Waals surface area contributed by atoms with Crippen molar-refractivity contribution in [3.05, 3.63) is 59.0 Å². The molecule has 0 amide bonds. The van der Waals surface area contributed by atoms with E-state index in [0.29, 0.717) is 12.0 Å². The van der Waals surface area contributed by atoms with Crippen molar-refractivity contribution in [1.29, 1.82) is 0 Å². The highest BCUT2D eigenvalue weighted by molar-refractivity contribution is 5.52. The third kappa shape index (κ3) is 1.83. The number of allylic oxidation sites excluding steroid dienone is 6. The maximum atomic E-state index is 2.66. The third-order valence-corrected chi connectivity index (χ3v) is 5.09. The second kappa shape index (κ2) is 4.80. The Morgan fingerprint density at radius 2 is 2.05 bits per heavy atom. The zero-order valence-electron chi connectivity index (χ0n) is 12.3. The monoisotopic (exact) mass is 265 g/mol. The molecular formula is C19H23N. The van der Waals surface area contributed by atoms with E-state index in [0.717, 1.165) is 0 Å². The van der Waals surface area contributed by atoms with Gasteiger partial charge in [-0.3, -0.25) is 0 Å². The van der Waals surface area contributed by atoms with Crippen molar-refractivity contribution in [3.8, 4) is 0 Å². The van der Waals surface area contributed by atoms with Crippen molar-refractivity contribution in [2.45, 2.75) is 51.5 Å². The van der Waals surface area contributed by atoms with Gasteiger partial charge >= 0.3 is 0 Å². The van der Waals surface area contributed by atoms with Gasteiger partial charge in [-0.15, -0.1) is 0 Å². The van der Waals surface area contributed by atoms with Crippen molar-refractivity contribution in [3.63, 3.8) is 0 Å². The topological polar surface area (TPSA) is 3.24 Å². The fourth-order valence-electron chi connectivity index (χ4n) is 4.05. The Morgan fingerprint density at radius 3 is 2.90 bits per heavy atom. The lowest BCUT2D eigenvalue weighted by molar-refractivity contribution is 0.363. The third-order valence-electron chi connectivity index (χ3n) is 5.09. The average Bonchev–Trinajstić information content (AvgIpc) is 2.83. The van der Waals surface area contributed by atoms with Gasteiger partial charge in [-0.1, -0.05) is 37.3 Å². The van der Waals surface area contributed by atoms with E-state index in [2.05, 4.69) is 48.3 Å². The van der Waals surface area contributed by atoms with Crippen LogP contribution in [0.4, 0.5) is 0 Å². The zero-order valence-corrected chi connectivity index (χ0v) is 12.3. The largest absolute Gasteiger partial charge is 0.337 e. The molecular weight excluding hydrogens is 242 g/mol. The predicted octanol–water partition coefficient (Wildman–Crippen LogP) is 4.86. The van der Waals surface area contributed by atoms with E-state index in [-0.39, 0.29) is 0 Å². The van der Waals surface area contributed by atoms with Crippen LogP contribution in [0.5, 0.6) is 0 Å². The normalized spacial score (nSPS) is 31.9. The highest BCUT2D eigenvalue weighted by atomic mass is 15.2. The maximum Gasteiger partial charge on any atom is 0.0626 e. The molecule has 2 atom stereocenters. The molecule has 0 aromatic heterocycles. The Kier molecular flexibility index (Phi) is 2.94. The molecule has 4 aliphatic rings. The van der Waals surface area contributed by atoms with Gasteiger partial charge < -0.3 is 4.90 Å². The minimum Gasteiger partial charge on any atom is -0.337 e. The molecule has 104 valence electrons. The zero-order chi connectivity index (χ0) is 13.5. The Labute approximate surface area is 122 Å². The quantitative estimate of drug-likeness (QED) is 0.654. The fraction of sp³-hybridized carbons (Fsp3) is 0.474. The van der Waals surface area contributed by atoms with E-state index >= 15 is 0 Å². The summed E-state index contributed by atoms with van der Waals surface area (Å²) in [6.45, 7) is 2.30. The molecule has 1 heteroatoms. The number of fused-ring (bicyclic) bond motifs is 2. The van der Waals surface area contributed by atoms with Crippen LogP contribution in [-0.2, 0) is 0 Å². The maximum absolute atomic E-state index is 2.66. The van der Waals surface area contributed by atoms with Crippen LogP contribution in [0.1, 0.15) is 45.4 Å². The molecule has 0 N–H and O–H groups in total. The summed E-state index contributed by atoms with van der Waals surface area (Å²) < 4.78 is 0. The van der Waals surface area contributed by atoms with Gasteiger partial charge in [0.15, 0.2) is 0 Å². The van der Waals surface area contributed by atoms with Gasteiger partial charge in [0.05, 0.1) is 6.04 Å². The van der Waals surface area contributed by atoms with Crippen molar-refractivity contribution in [2.24, 2.45) is 5.92 Å². The van der Waals surface area contributed by atoms with Crippen LogP contribution in [0.25, 0.3) is 0 Å². The van der Waals surface area contributed by atoms with E-state index in [1.807, 2.05) is 0 Å². The molecule has 0 saturated heterocycles. The van der Waals surface area contributed by atoms with Crippen LogP contribution < -0.4 is 0 Å². The highest BCUT2D eigenvalue weighted by Crippen LogP contribution is 2.46. The lowest BCUT2D eigenvalue weighted by atomic mass is 9.89. The second-order valence-corrected chi connectivity index (χ2v) is 6.51. The molecule has 0 aromatic rings. The molecule has 0 aromatic carbocycles. The van der Waals surface area contributed by atoms with E-state index in [4.69, 9.17) is 0 Å². The molecule has 3 aliphatic carbocycles. The van der Waals surface area contributed by atoms with E-state index in [1.54, 1.807) is 16.8 Å². The molecule has 1 heterocycles. The fourth-order valence-corrected chi connectivity index (χ4v) is 4.05. The lowest BCUT2D eigenvalue weighted by Crippen LogP contribution is -2.31. The number of hydrogen-bond acceptors (Lipinski definition) is 1. The highest BCUT2D eigenvalue weighted by Gasteiger charge is 2.38. The molecule has 4 rings (SSSR count). The number of rotatable bonds is 1. The molecule has 0 spiro atoms. The predicted molar refractivity (Wildman–Crippen MR) is 84.0 cm³/mol. The standard InChI is InChI=1S/C19H23N/c1-14-10-12-15(13-11-14)20-18-8-4-2-6-16(18)17-7-3-5-9-19(17)20/h2,4,6,10,12-14,18H,3,5,7-9,11H2,1H3. The smallest absolute Gasteiger partial charge is 0.0626 e. The first-order valence-corrected chi connectivity index (χ1v) is 8.11. The van der Waals surface area contributed by atoms with Crippen LogP contribution >= 0.6 is 0 Å². The van der Waals surface area contributed by atoms with Gasteiger partial charge in [-0.25, -0.2) is 0 Å². The molecule has 20 heavy (non-hydrogen) atoms. The van der Waals surface area contributed by atoms with Crippen molar-refractivity contribution >= 4 is 0 Å². The molecule has 2 unspecified atom stereocenters. The van der Waals surface area contributed by atoms with Gasteiger partial charge in [-0.05, 0) is 61.7 Å². The molecule has 0 bridgehead atoms. The summed E-state index contributed by atoms with van der Waals surface area (Å²) in [5, 5.41) is 0. The Morgan fingerprint density at radius 1 is 1.15 bits per heavy atom. The molecule has 1 nitrogen and oxygen atoms in total. The van der Waals surface area contributed by atoms with Crippen LogP contribution in [0.15, 0.2) is 59.0 Å². The van der Waals surface area contributed by atoms with Gasteiger partial charge in [0, 0.05) is 11.4 Å². The van der Waals surface area contributed by atoms with Crippen molar-refractivity contribution in [1.82, 2.24) is 4.90 Å². The van der Waals surface area contributed by atoms with Gasteiger partial charge in [-0.2, -0.15) is 0 Å². The minimum absolute atomic E-state index is 0.576. The van der Waals surface area contributed by atoms with Gasteiger partial charge in [0.25, 0.3) is 0 Å². The summed E-state index contributed by atoms with van der Waals surface area (Å²) in [4.78, 5) is 2.66. The second-order valence-electron chi connectivity index (χ2n) is 6.51. The van der Waals surface area contributed by atoms with E-state index < -0.39 is 0 Å². The Balaban J connectivity index is 1.75. The molecule has 1 aliphatic heterocycles. The number of nitrogens with zero attached hydrogens (tertiary/aromatic N) is 1. The van der Waals surface area contributed by atoms with E-state index in [1.165, 1.54) is 44.2 Å². The van der Waals surface area contributed by atoms with Gasteiger partial charge in [0.2, 0.25) is 0 Å². The summed E-state index contributed by atoms with van der Waals surface area (Å²) >= 11 is 0. The van der Waals surface area contributed by atoms with Crippen LogP contribution in [0.2, 0.25) is 0 Å². The number of hydrogen-bond donors (Lipinski definition) is 0. The van der Waals surface area contributed by atoms with Crippen molar-refractivity contribution < 1.29 is 0 Å². The minimum atomic E-state index is 0.576. The summed E-state index contributed by atoms with van der Waals surface area (Å²) in [7, 11) is 0. The van der Waals surface area contributed by atoms with Crippen LogP contribution in [0, 0.1) is 5.92 Å². The van der Waals surface area contributed by atoms with Gasteiger partial charge in [0.1, 0.15) is 0 Å². The molecule has 0 radical (unpaired) electrons. The van der Waals surface area contributed by atoms with E-state index in [9.17, 15) is 0 Å². The first-order chi connectivity index (χ1) is 9.84. The lowest BCUT2D eigenvalue weighted by Gasteiger charge is -2.33. The summed E-state index contributed by atoms with van der Waals surface area (Å²) in [5.41, 5.74) is 6.34. The first kappa shape index (κ1) is 12.3. The first-order valence-electron chi connectivity index (χ1n) is 8.11. The Bertz CT molecular complexity index is 571. The van der Waals surface area contributed by atoms with Crippen LogP contribution in [0.3, 0.4) is 0 Å². The summed E-state index contributed by atoms with van der Waals surface area (Å²) in [6.07, 6.45) is 21.8. The van der Waals surface area contributed by atoms with Crippen molar-refractivity contribution in [2.75, 3.05) is 0 Å². The molecule has 0 saturated carbocycles.